The lowest BCUT2D eigenvalue weighted by atomic mass is 9.85. The quantitative estimate of drug-likeness (QED) is 0.194. The minimum absolute atomic E-state index is 0.0195. The minimum Gasteiger partial charge on any atom is -0.484 e. The highest BCUT2D eigenvalue weighted by atomic mass is 16.5. The third-order valence-corrected chi connectivity index (χ3v) is 10.6. The van der Waals surface area contributed by atoms with E-state index in [2.05, 4.69) is 58.4 Å². The maximum atomic E-state index is 13.5. The predicted octanol–water partition coefficient (Wildman–Crippen LogP) is 5.88. The number of amides is 3. The zero-order chi connectivity index (χ0) is 36.3. The molecule has 1 saturated heterocycles. The van der Waals surface area contributed by atoms with E-state index in [1.54, 1.807) is 6.07 Å². The number of urea groups is 1. The second kappa shape index (κ2) is 15.2. The number of nitrogens with one attached hydrogen (secondary N) is 3. The van der Waals surface area contributed by atoms with Gasteiger partial charge < -0.3 is 20.1 Å². The third kappa shape index (κ3) is 8.05. The number of anilines is 1. The van der Waals surface area contributed by atoms with Crippen LogP contribution in [0.2, 0.25) is 0 Å². The third-order valence-electron chi connectivity index (χ3n) is 10.6. The van der Waals surface area contributed by atoms with Crippen LogP contribution in [0.1, 0.15) is 118 Å². The van der Waals surface area contributed by atoms with Crippen LogP contribution in [0.25, 0.3) is 5.65 Å². The molecule has 1 aromatic carbocycles. The fourth-order valence-electron chi connectivity index (χ4n) is 7.65. The largest absolute Gasteiger partial charge is 0.484 e. The molecule has 3 aromatic heterocycles. The first-order valence-electron chi connectivity index (χ1n) is 18.7. The number of fused-ring (bicyclic) bond motifs is 2. The highest BCUT2D eigenvalue weighted by Crippen LogP contribution is 2.41. The number of ether oxygens (including phenoxy) is 2. The van der Waals surface area contributed by atoms with Crippen LogP contribution in [-0.4, -0.2) is 80.8 Å². The Labute approximate surface area is 305 Å². The first kappa shape index (κ1) is 35.8. The summed E-state index contributed by atoms with van der Waals surface area (Å²) in [5, 5.41) is 18.0. The molecule has 0 spiro atoms. The number of rotatable bonds is 9. The van der Waals surface area contributed by atoms with Crippen molar-refractivity contribution < 1.29 is 19.1 Å². The van der Waals surface area contributed by atoms with Crippen LogP contribution in [0, 0.1) is 0 Å². The van der Waals surface area contributed by atoms with E-state index in [9.17, 15) is 9.59 Å². The molecule has 2 atom stereocenters. The van der Waals surface area contributed by atoms with Crippen molar-refractivity contribution in [1.82, 2.24) is 40.1 Å². The van der Waals surface area contributed by atoms with E-state index < -0.39 is 6.03 Å². The summed E-state index contributed by atoms with van der Waals surface area (Å²) < 4.78 is 14.3. The van der Waals surface area contributed by atoms with Crippen LogP contribution < -0.4 is 20.7 Å². The first-order valence-corrected chi connectivity index (χ1v) is 18.7. The zero-order valence-corrected chi connectivity index (χ0v) is 30.8. The summed E-state index contributed by atoms with van der Waals surface area (Å²) in [6, 6.07) is 13.1. The van der Waals surface area contributed by atoms with Crippen LogP contribution in [0.4, 0.5) is 10.6 Å². The molecule has 0 bridgehead atoms. The molecule has 2 aliphatic carbocycles. The molecular formula is C39H51N9O4. The molecule has 7 rings (SSSR count). The number of benzene rings is 1. The van der Waals surface area contributed by atoms with Crippen LogP contribution in [-0.2, 0) is 15.6 Å². The number of hydrogen-bond donors (Lipinski definition) is 3. The summed E-state index contributed by atoms with van der Waals surface area (Å²) in [7, 11) is 0. The molecule has 4 heterocycles. The summed E-state index contributed by atoms with van der Waals surface area (Å²) >= 11 is 0. The van der Waals surface area contributed by atoms with Gasteiger partial charge in [-0.05, 0) is 55.4 Å². The number of pyridine rings is 1. The maximum absolute atomic E-state index is 13.5. The van der Waals surface area contributed by atoms with Gasteiger partial charge in [-0.3, -0.25) is 19.4 Å². The summed E-state index contributed by atoms with van der Waals surface area (Å²) in [4.78, 5) is 38.0. The molecule has 3 amide bonds. The Bertz CT molecular complexity index is 1890. The summed E-state index contributed by atoms with van der Waals surface area (Å²) in [6.07, 6.45) is 8.84. The van der Waals surface area contributed by atoms with Gasteiger partial charge in [-0.15, -0.1) is 10.2 Å². The van der Waals surface area contributed by atoms with Gasteiger partial charge in [0.2, 0.25) is 5.82 Å². The van der Waals surface area contributed by atoms with Gasteiger partial charge in [0.1, 0.15) is 23.5 Å². The van der Waals surface area contributed by atoms with Gasteiger partial charge in [0.05, 0.1) is 24.5 Å². The number of carbonyl (C=O) groups excluding carboxylic acids is 2. The summed E-state index contributed by atoms with van der Waals surface area (Å²) in [5.74, 6) is 1.68. The summed E-state index contributed by atoms with van der Waals surface area (Å²) in [5.41, 5.74) is 3.17. The molecule has 0 radical (unpaired) electrons. The molecule has 3 N–H and O–H groups in total. The van der Waals surface area contributed by atoms with Crippen LogP contribution >= 0.6 is 0 Å². The van der Waals surface area contributed by atoms with Crippen molar-refractivity contribution in [3.63, 3.8) is 0 Å². The number of aromatic nitrogens is 5. The van der Waals surface area contributed by atoms with E-state index in [-0.39, 0.29) is 40.5 Å². The SMILES string of the molecule is CC(C)(C)c1cc(NC(=O)N[C@H]2CC[C@@H](Oc3ccc4nnc(C5(C)CCCC5)n4c3)c3ccccc32)nc(C(=O)NCCN2CCCOCC2)n1. The van der Waals surface area contributed by atoms with Crippen molar-refractivity contribution >= 4 is 23.4 Å². The molecule has 4 aromatic rings. The minimum atomic E-state index is -0.404. The van der Waals surface area contributed by atoms with E-state index in [1.165, 1.54) is 12.8 Å². The lowest BCUT2D eigenvalue weighted by Crippen LogP contribution is -2.37. The lowest BCUT2D eigenvalue weighted by molar-refractivity contribution is 0.0936. The fourth-order valence-corrected chi connectivity index (χ4v) is 7.65. The van der Waals surface area contributed by atoms with Gasteiger partial charge in [0, 0.05) is 49.7 Å². The number of carbonyl (C=O) groups is 2. The average molecular weight is 710 g/mol. The Kier molecular flexibility index (Phi) is 10.4. The Hall–Kier alpha value is -4.62. The van der Waals surface area contributed by atoms with Crippen molar-refractivity contribution in [1.29, 1.82) is 0 Å². The smallest absolute Gasteiger partial charge is 0.320 e. The molecule has 2 fully saturated rings. The Morgan fingerprint density at radius 3 is 2.60 bits per heavy atom. The zero-order valence-electron chi connectivity index (χ0n) is 30.8. The van der Waals surface area contributed by atoms with Gasteiger partial charge >= 0.3 is 6.03 Å². The predicted molar refractivity (Wildman–Crippen MR) is 198 cm³/mol. The van der Waals surface area contributed by atoms with Crippen molar-refractivity contribution in [3.05, 3.63) is 77.1 Å². The van der Waals surface area contributed by atoms with Crippen LogP contribution in [0.15, 0.2) is 48.7 Å². The highest BCUT2D eigenvalue weighted by Gasteiger charge is 2.35. The Balaban J connectivity index is 1.02. The van der Waals surface area contributed by atoms with E-state index in [1.807, 2.05) is 57.3 Å². The molecule has 13 heteroatoms. The second-order valence-corrected chi connectivity index (χ2v) is 15.6. The van der Waals surface area contributed by atoms with E-state index in [0.29, 0.717) is 38.2 Å². The van der Waals surface area contributed by atoms with E-state index in [4.69, 9.17) is 9.47 Å². The standard InChI is InChI=1S/C39H51N9O4/c1-38(2,3)31-24-32(43-34(42-31)35(49)40-18-20-47-19-9-22-51-23-21-47)44-37(50)41-29-13-14-30(28-11-6-5-10-27(28)29)52-26-12-15-33-45-46-36(48(33)25-26)39(4)16-7-8-17-39/h5-6,10-12,15,24-25,29-30H,7-9,13-14,16-23H2,1-4H3,(H,40,49)(H2,41,42,43,44,50)/t29-,30+/m0/s1. The molecule has 276 valence electrons. The highest BCUT2D eigenvalue weighted by molar-refractivity contribution is 5.92. The Morgan fingerprint density at radius 1 is 0.981 bits per heavy atom. The lowest BCUT2D eigenvalue weighted by Gasteiger charge is -2.32. The first-order chi connectivity index (χ1) is 25.1. The van der Waals surface area contributed by atoms with Crippen LogP contribution in [0.5, 0.6) is 5.75 Å². The number of hydrogen-bond acceptors (Lipinski definition) is 9. The van der Waals surface area contributed by atoms with Crippen LogP contribution in [0.3, 0.4) is 0 Å². The topological polar surface area (TPSA) is 148 Å². The van der Waals surface area contributed by atoms with E-state index >= 15 is 0 Å². The molecule has 3 aliphatic rings. The van der Waals surface area contributed by atoms with Crippen molar-refractivity contribution in [3.8, 4) is 5.75 Å². The monoisotopic (exact) mass is 709 g/mol. The van der Waals surface area contributed by atoms with Gasteiger partial charge in [0.25, 0.3) is 5.91 Å². The molecule has 1 aliphatic heterocycles. The molecule has 0 unspecified atom stereocenters. The Morgan fingerprint density at radius 2 is 1.79 bits per heavy atom. The summed E-state index contributed by atoms with van der Waals surface area (Å²) in [6.45, 7) is 12.8. The van der Waals surface area contributed by atoms with Gasteiger partial charge in [-0.2, -0.15) is 0 Å². The van der Waals surface area contributed by atoms with Crippen molar-refractivity contribution in [2.75, 3.05) is 44.7 Å². The second-order valence-electron chi connectivity index (χ2n) is 15.6. The van der Waals surface area contributed by atoms with Crippen molar-refractivity contribution in [2.24, 2.45) is 0 Å². The van der Waals surface area contributed by atoms with Gasteiger partial charge in [0.15, 0.2) is 5.65 Å². The molecular weight excluding hydrogens is 658 g/mol. The van der Waals surface area contributed by atoms with E-state index in [0.717, 1.165) is 67.3 Å². The molecule has 1 saturated carbocycles. The molecule has 13 nitrogen and oxygen atoms in total. The van der Waals surface area contributed by atoms with Gasteiger partial charge in [-0.25, -0.2) is 14.8 Å². The van der Waals surface area contributed by atoms with Crippen molar-refractivity contribution in [2.45, 2.75) is 95.6 Å². The molecule has 52 heavy (non-hydrogen) atoms. The average Bonchev–Trinajstić information content (AvgIpc) is 3.67. The maximum Gasteiger partial charge on any atom is 0.320 e. The number of nitrogens with zero attached hydrogens (tertiary/aromatic N) is 6. The van der Waals surface area contributed by atoms with Gasteiger partial charge in [-0.1, -0.05) is 64.8 Å². The fraction of sp³-hybridized carbons (Fsp3) is 0.538. The normalized spacial score (nSPS) is 20.5.